The summed E-state index contributed by atoms with van der Waals surface area (Å²) in [5.41, 5.74) is 1.43. The molecule has 0 aliphatic heterocycles. The zero-order valence-electron chi connectivity index (χ0n) is 14.2. The van der Waals surface area contributed by atoms with Crippen molar-refractivity contribution >= 4 is 34.4 Å². The normalized spacial score (nSPS) is 11.3. The molecule has 0 aliphatic rings. The van der Waals surface area contributed by atoms with E-state index in [0.717, 1.165) is 34.7 Å². The van der Waals surface area contributed by atoms with Crippen LogP contribution in [0.5, 0.6) is 0 Å². The maximum absolute atomic E-state index is 11.7. The van der Waals surface area contributed by atoms with Crippen molar-refractivity contribution in [1.29, 1.82) is 0 Å². The van der Waals surface area contributed by atoms with Crippen LogP contribution in [0, 0.1) is 3.77 Å². The standard InChI is InChI=1S/C18H23IN2O3/c1-18(2,3)24-17(22)21-14-6-4-13(5-7-14)10-11-20-12-15-8-9-16(19)23-15/h4-9,20H,10-12H2,1-3H3,(H,21,22). The van der Waals surface area contributed by atoms with Gasteiger partial charge < -0.3 is 14.5 Å². The Balaban J connectivity index is 1.72. The minimum atomic E-state index is -0.498. The average molecular weight is 442 g/mol. The van der Waals surface area contributed by atoms with Crippen molar-refractivity contribution in [2.24, 2.45) is 0 Å². The maximum atomic E-state index is 11.7. The Morgan fingerprint density at radius 1 is 1.17 bits per heavy atom. The number of hydrogen-bond donors (Lipinski definition) is 2. The number of ether oxygens (including phenoxy) is 1. The SMILES string of the molecule is CC(C)(C)OC(=O)Nc1ccc(CCNCc2ccc(I)o2)cc1. The first-order valence-corrected chi connectivity index (χ1v) is 8.93. The molecular weight excluding hydrogens is 419 g/mol. The Kier molecular flexibility index (Phi) is 6.68. The molecule has 2 N–H and O–H groups in total. The summed E-state index contributed by atoms with van der Waals surface area (Å²) in [5, 5.41) is 6.08. The van der Waals surface area contributed by atoms with Gasteiger partial charge in [-0.25, -0.2) is 4.79 Å². The molecule has 1 heterocycles. The number of furan rings is 1. The first-order chi connectivity index (χ1) is 11.3. The van der Waals surface area contributed by atoms with Crippen molar-refractivity contribution in [3.8, 4) is 0 Å². The highest BCUT2D eigenvalue weighted by atomic mass is 127. The van der Waals surface area contributed by atoms with Crippen molar-refractivity contribution in [1.82, 2.24) is 5.32 Å². The van der Waals surface area contributed by atoms with Crippen molar-refractivity contribution in [2.45, 2.75) is 39.3 Å². The molecule has 0 saturated heterocycles. The van der Waals surface area contributed by atoms with Gasteiger partial charge in [0.15, 0.2) is 3.77 Å². The van der Waals surface area contributed by atoms with E-state index in [1.54, 1.807) is 0 Å². The lowest BCUT2D eigenvalue weighted by atomic mass is 10.1. The van der Waals surface area contributed by atoms with E-state index < -0.39 is 11.7 Å². The lowest BCUT2D eigenvalue weighted by Gasteiger charge is -2.19. The molecule has 2 rings (SSSR count). The third-order valence-electron chi connectivity index (χ3n) is 3.12. The summed E-state index contributed by atoms with van der Waals surface area (Å²) in [6, 6.07) is 11.7. The van der Waals surface area contributed by atoms with E-state index in [2.05, 4.69) is 33.2 Å². The Morgan fingerprint density at radius 3 is 2.46 bits per heavy atom. The monoisotopic (exact) mass is 442 g/mol. The molecular formula is C18H23IN2O3. The predicted molar refractivity (Wildman–Crippen MR) is 103 cm³/mol. The second-order valence-corrected chi connectivity index (χ2v) is 7.52. The van der Waals surface area contributed by atoms with Gasteiger partial charge in [0.25, 0.3) is 0 Å². The molecule has 130 valence electrons. The van der Waals surface area contributed by atoms with Gasteiger partial charge in [-0.2, -0.15) is 0 Å². The molecule has 1 aromatic carbocycles. The van der Waals surface area contributed by atoms with E-state index in [4.69, 9.17) is 9.15 Å². The van der Waals surface area contributed by atoms with Gasteiger partial charge in [-0.1, -0.05) is 12.1 Å². The third kappa shape index (κ3) is 6.92. The van der Waals surface area contributed by atoms with Gasteiger partial charge in [0.2, 0.25) is 0 Å². The van der Waals surface area contributed by atoms with Crippen LogP contribution in [0.3, 0.4) is 0 Å². The molecule has 0 radical (unpaired) electrons. The smallest absolute Gasteiger partial charge is 0.412 e. The molecule has 0 atom stereocenters. The Morgan fingerprint density at radius 2 is 1.88 bits per heavy atom. The molecule has 0 spiro atoms. The van der Waals surface area contributed by atoms with E-state index in [1.165, 1.54) is 5.56 Å². The fourth-order valence-corrected chi connectivity index (χ4v) is 2.53. The summed E-state index contributed by atoms with van der Waals surface area (Å²) in [5.74, 6) is 0.941. The molecule has 24 heavy (non-hydrogen) atoms. The number of hydrogen-bond acceptors (Lipinski definition) is 4. The maximum Gasteiger partial charge on any atom is 0.412 e. The summed E-state index contributed by atoms with van der Waals surface area (Å²) in [6.07, 6.45) is 0.467. The number of carbonyl (C=O) groups excluding carboxylic acids is 1. The molecule has 0 fully saturated rings. The third-order valence-corrected chi connectivity index (χ3v) is 3.70. The minimum absolute atomic E-state index is 0.440. The largest absolute Gasteiger partial charge is 0.454 e. The highest BCUT2D eigenvalue weighted by Gasteiger charge is 2.15. The summed E-state index contributed by atoms with van der Waals surface area (Å²) in [7, 11) is 0. The number of carbonyl (C=O) groups is 1. The molecule has 5 nitrogen and oxygen atoms in total. The van der Waals surface area contributed by atoms with Crippen LogP contribution >= 0.6 is 22.6 Å². The first kappa shape index (κ1) is 18.8. The number of halogens is 1. The number of amides is 1. The predicted octanol–water partition coefficient (Wildman–Crippen LogP) is 4.56. The van der Waals surface area contributed by atoms with Gasteiger partial charge >= 0.3 is 6.09 Å². The van der Waals surface area contributed by atoms with Crippen molar-refractivity contribution in [2.75, 3.05) is 11.9 Å². The summed E-state index contributed by atoms with van der Waals surface area (Å²) >= 11 is 2.16. The molecule has 0 bridgehead atoms. The van der Waals surface area contributed by atoms with Gasteiger partial charge in [-0.15, -0.1) is 0 Å². The Hall–Kier alpha value is -1.54. The minimum Gasteiger partial charge on any atom is -0.454 e. The molecule has 1 amide bonds. The van der Waals surface area contributed by atoms with Crippen molar-refractivity contribution in [3.63, 3.8) is 0 Å². The highest BCUT2D eigenvalue weighted by Crippen LogP contribution is 2.13. The number of benzene rings is 1. The summed E-state index contributed by atoms with van der Waals surface area (Å²) < 4.78 is 11.6. The second-order valence-electron chi connectivity index (χ2n) is 6.46. The lowest BCUT2D eigenvalue weighted by molar-refractivity contribution is 0.0636. The van der Waals surface area contributed by atoms with Gasteiger partial charge in [0, 0.05) is 5.69 Å². The molecule has 1 aromatic heterocycles. The Bertz CT molecular complexity index is 660. The first-order valence-electron chi connectivity index (χ1n) is 7.86. The van der Waals surface area contributed by atoms with Crippen LogP contribution in [0.2, 0.25) is 0 Å². The topological polar surface area (TPSA) is 63.5 Å². The zero-order valence-corrected chi connectivity index (χ0v) is 16.3. The average Bonchev–Trinajstić information content (AvgIpc) is 2.89. The van der Waals surface area contributed by atoms with Gasteiger partial charge in [-0.3, -0.25) is 5.32 Å². The van der Waals surface area contributed by atoms with E-state index in [9.17, 15) is 4.79 Å². The quantitative estimate of drug-likeness (QED) is 0.509. The number of rotatable bonds is 6. The second kappa shape index (κ2) is 8.53. The van der Waals surface area contributed by atoms with Crippen LogP contribution in [-0.4, -0.2) is 18.2 Å². The zero-order chi connectivity index (χ0) is 17.6. The van der Waals surface area contributed by atoms with Crippen LogP contribution in [0.1, 0.15) is 32.1 Å². The van der Waals surface area contributed by atoms with E-state index in [-0.39, 0.29) is 0 Å². The van der Waals surface area contributed by atoms with Gasteiger partial charge in [0.1, 0.15) is 11.4 Å². The molecule has 2 aromatic rings. The van der Waals surface area contributed by atoms with E-state index in [0.29, 0.717) is 0 Å². The van der Waals surface area contributed by atoms with Crippen LogP contribution < -0.4 is 10.6 Å². The van der Waals surface area contributed by atoms with Crippen LogP contribution in [-0.2, 0) is 17.7 Å². The fraction of sp³-hybridized carbons (Fsp3) is 0.389. The summed E-state index contributed by atoms with van der Waals surface area (Å²) in [4.78, 5) is 11.7. The lowest BCUT2D eigenvalue weighted by Crippen LogP contribution is -2.27. The van der Waals surface area contributed by atoms with E-state index in [1.807, 2.05) is 57.2 Å². The Labute approximate surface area is 156 Å². The molecule has 0 unspecified atom stereocenters. The molecule has 6 heteroatoms. The van der Waals surface area contributed by atoms with Crippen LogP contribution in [0.15, 0.2) is 40.8 Å². The van der Waals surface area contributed by atoms with Crippen LogP contribution in [0.25, 0.3) is 0 Å². The molecule has 0 aliphatic carbocycles. The number of nitrogens with one attached hydrogen (secondary N) is 2. The van der Waals surface area contributed by atoms with Gasteiger partial charge in [0.05, 0.1) is 6.54 Å². The van der Waals surface area contributed by atoms with E-state index >= 15 is 0 Å². The summed E-state index contributed by atoms with van der Waals surface area (Å²) in [6.45, 7) is 7.10. The number of anilines is 1. The van der Waals surface area contributed by atoms with Crippen molar-refractivity contribution in [3.05, 3.63) is 51.5 Å². The fourth-order valence-electron chi connectivity index (χ4n) is 2.07. The van der Waals surface area contributed by atoms with Gasteiger partial charge in [-0.05, 0) is 86.2 Å². The van der Waals surface area contributed by atoms with Crippen molar-refractivity contribution < 1.29 is 13.9 Å². The molecule has 0 saturated carbocycles. The highest BCUT2D eigenvalue weighted by molar-refractivity contribution is 14.1. The van der Waals surface area contributed by atoms with Crippen LogP contribution in [0.4, 0.5) is 10.5 Å².